The Morgan fingerprint density at radius 2 is 1.57 bits per heavy atom. The minimum absolute atomic E-state index is 0.124. The largest absolute Gasteiger partial charge is 0.322 e. The quantitative estimate of drug-likeness (QED) is 0.859. The summed E-state index contributed by atoms with van der Waals surface area (Å²) >= 11 is 0. The maximum atomic E-state index is 12.2. The fourth-order valence-electron chi connectivity index (χ4n) is 2.84. The van der Waals surface area contributed by atoms with E-state index < -0.39 is 5.54 Å². The second-order valence-corrected chi connectivity index (χ2v) is 5.13. The average Bonchev–Trinajstić information content (AvgIpc) is 2.88. The number of benzene rings is 2. The van der Waals surface area contributed by atoms with Crippen LogP contribution < -0.4 is 5.32 Å². The van der Waals surface area contributed by atoms with Gasteiger partial charge in [-0.05, 0) is 11.1 Å². The molecule has 1 heterocycles. The average molecular weight is 276 g/mol. The Hall–Kier alpha value is -2.73. The van der Waals surface area contributed by atoms with Crippen LogP contribution in [0.5, 0.6) is 0 Å². The Bertz CT molecular complexity index is 634. The van der Waals surface area contributed by atoms with E-state index in [9.17, 15) is 4.79 Å². The number of nitrogens with zero attached hydrogens (tertiary/aromatic N) is 1. The molecular weight excluding hydrogens is 260 g/mol. The number of urea groups is 1. The van der Waals surface area contributed by atoms with Gasteiger partial charge in [-0.25, -0.2) is 4.79 Å². The first-order valence-electron chi connectivity index (χ1n) is 6.88. The monoisotopic (exact) mass is 276 g/mol. The molecule has 0 aliphatic carbocycles. The fraction of sp³-hybridized carbons (Fsp3) is 0.167. The number of hydrogen-bond acceptors (Lipinski definition) is 1. The summed E-state index contributed by atoms with van der Waals surface area (Å²) in [7, 11) is 0. The highest BCUT2D eigenvalue weighted by atomic mass is 16.2. The van der Waals surface area contributed by atoms with Gasteiger partial charge < -0.3 is 10.2 Å². The number of nitrogens with one attached hydrogen (secondary N) is 1. The van der Waals surface area contributed by atoms with E-state index in [0.29, 0.717) is 13.1 Å². The van der Waals surface area contributed by atoms with Crippen LogP contribution in [0.25, 0.3) is 0 Å². The topological polar surface area (TPSA) is 32.3 Å². The Balaban J connectivity index is 2.10. The normalized spacial score (nSPS) is 16.3. The van der Waals surface area contributed by atoms with Crippen LogP contribution in [0.15, 0.2) is 60.7 Å². The van der Waals surface area contributed by atoms with Crippen molar-refractivity contribution in [2.45, 2.75) is 5.54 Å². The molecule has 21 heavy (non-hydrogen) atoms. The van der Waals surface area contributed by atoms with Gasteiger partial charge in [0.15, 0.2) is 0 Å². The molecule has 0 saturated carbocycles. The summed E-state index contributed by atoms with van der Waals surface area (Å²) in [6.45, 7) is 0.845. The predicted octanol–water partition coefficient (Wildman–Crippen LogP) is 2.59. The van der Waals surface area contributed by atoms with E-state index in [4.69, 9.17) is 6.42 Å². The SMILES string of the molecule is C#CCN1CC(c2ccccc2)(c2ccccc2)NC1=O. The van der Waals surface area contributed by atoms with E-state index in [0.717, 1.165) is 11.1 Å². The van der Waals surface area contributed by atoms with Crippen molar-refractivity contribution in [3.8, 4) is 12.3 Å². The van der Waals surface area contributed by atoms with Crippen molar-refractivity contribution >= 4 is 6.03 Å². The van der Waals surface area contributed by atoms with E-state index in [-0.39, 0.29) is 6.03 Å². The van der Waals surface area contributed by atoms with Gasteiger partial charge >= 0.3 is 6.03 Å². The first-order valence-corrected chi connectivity index (χ1v) is 6.88. The van der Waals surface area contributed by atoms with Crippen molar-refractivity contribution in [3.05, 3.63) is 71.8 Å². The van der Waals surface area contributed by atoms with Crippen molar-refractivity contribution < 1.29 is 4.79 Å². The van der Waals surface area contributed by atoms with Crippen molar-refractivity contribution in [2.24, 2.45) is 0 Å². The molecule has 2 amide bonds. The lowest BCUT2D eigenvalue weighted by Gasteiger charge is -2.29. The molecule has 0 radical (unpaired) electrons. The highest BCUT2D eigenvalue weighted by Gasteiger charge is 2.44. The van der Waals surface area contributed by atoms with Gasteiger partial charge in [-0.2, -0.15) is 0 Å². The summed E-state index contributed by atoms with van der Waals surface area (Å²) in [5.74, 6) is 2.55. The number of terminal acetylenes is 1. The van der Waals surface area contributed by atoms with Crippen molar-refractivity contribution in [1.82, 2.24) is 10.2 Å². The molecule has 3 heteroatoms. The van der Waals surface area contributed by atoms with Gasteiger partial charge in [0.25, 0.3) is 0 Å². The third-order valence-electron chi connectivity index (χ3n) is 3.85. The Labute approximate surface area is 124 Å². The summed E-state index contributed by atoms with van der Waals surface area (Å²) in [6, 6.07) is 19.9. The third kappa shape index (κ3) is 2.25. The zero-order chi connectivity index (χ0) is 14.7. The molecule has 0 unspecified atom stereocenters. The van der Waals surface area contributed by atoms with Crippen LogP contribution >= 0.6 is 0 Å². The second-order valence-electron chi connectivity index (χ2n) is 5.13. The molecule has 3 rings (SSSR count). The summed E-state index contributed by atoms with van der Waals surface area (Å²) < 4.78 is 0. The number of amides is 2. The molecular formula is C18H16N2O. The molecule has 1 aliphatic rings. The summed E-state index contributed by atoms with van der Waals surface area (Å²) in [5.41, 5.74) is 1.57. The lowest BCUT2D eigenvalue weighted by Crippen LogP contribution is -2.41. The molecule has 1 saturated heterocycles. The van der Waals surface area contributed by atoms with Crippen LogP contribution in [-0.2, 0) is 5.54 Å². The summed E-state index contributed by atoms with van der Waals surface area (Å²) in [4.78, 5) is 13.9. The molecule has 0 aromatic heterocycles. The lowest BCUT2D eigenvalue weighted by atomic mass is 9.83. The van der Waals surface area contributed by atoms with E-state index in [1.807, 2.05) is 60.7 Å². The van der Waals surface area contributed by atoms with E-state index in [2.05, 4.69) is 11.2 Å². The maximum absolute atomic E-state index is 12.2. The highest BCUT2D eigenvalue weighted by molar-refractivity contribution is 5.80. The predicted molar refractivity (Wildman–Crippen MR) is 82.6 cm³/mol. The Kier molecular flexibility index (Phi) is 3.37. The van der Waals surface area contributed by atoms with Crippen molar-refractivity contribution in [3.63, 3.8) is 0 Å². The van der Waals surface area contributed by atoms with Crippen LogP contribution in [0.1, 0.15) is 11.1 Å². The molecule has 0 spiro atoms. The zero-order valence-corrected chi connectivity index (χ0v) is 11.6. The molecule has 1 aliphatic heterocycles. The number of carbonyl (C=O) groups is 1. The standard InChI is InChI=1S/C18H16N2O/c1-2-13-20-14-18(19-17(20)21,15-9-5-3-6-10-15)16-11-7-4-8-12-16/h1,3-12H,13-14H2,(H,19,21). The fourth-order valence-corrected chi connectivity index (χ4v) is 2.84. The number of carbonyl (C=O) groups excluding carboxylic acids is 1. The van der Waals surface area contributed by atoms with Gasteiger partial charge in [-0.3, -0.25) is 0 Å². The molecule has 2 aromatic rings. The van der Waals surface area contributed by atoms with Crippen LogP contribution in [0.4, 0.5) is 4.79 Å². The Morgan fingerprint density at radius 3 is 2.05 bits per heavy atom. The molecule has 1 fully saturated rings. The zero-order valence-electron chi connectivity index (χ0n) is 11.6. The molecule has 1 N–H and O–H groups in total. The van der Waals surface area contributed by atoms with Gasteiger partial charge in [0.05, 0.1) is 13.1 Å². The van der Waals surface area contributed by atoms with E-state index in [1.165, 1.54) is 0 Å². The summed E-state index contributed by atoms with van der Waals surface area (Å²) in [5, 5.41) is 3.13. The molecule has 0 atom stereocenters. The first kappa shape index (κ1) is 13.3. The summed E-state index contributed by atoms with van der Waals surface area (Å²) in [6.07, 6.45) is 5.36. The minimum atomic E-state index is -0.545. The molecule has 2 aromatic carbocycles. The Morgan fingerprint density at radius 1 is 1.05 bits per heavy atom. The van der Waals surface area contributed by atoms with Gasteiger partial charge in [0.2, 0.25) is 0 Å². The minimum Gasteiger partial charge on any atom is -0.322 e. The van der Waals surface area contributed by atoms with E-state index in [1.54, 1.807) is 4.90 Å². The van der Waals surface area contributed by atoms with E-state index >= 15 is 0 Å². The van der Waals surface area contributed by atoms with Gasteiger partial charge in [-0.15, -0.1) is 6.42 Å². The van der Waals surface area contributed by atoms with Gasteiger partial charge in [-0.1, -0.05) is 66.6 Å². The molecule has 3 nitrogen and oxygen atoms in total. The van der Waals surface area contributed by atoms with Gasteiger partial charge in [0.1, 0.15) is 5.54 Å². The first-order chi connectivity index (χ1) is 10.3. The van der Waals surface area contributed by atoms with Crippen LogP contribution in [-0.4, -0.2) is 24.0 Å². The second kappa shape index (κ2) is 5.34. The van der Waals surface area contributed by atoms with Crippen molar-refractivity contribution in [2.75, 3.05) is 13.1 Å². The van der Waals surface area contributed by atoms with Gasteiger partial charge in [0, 0.05) is 0 Å². The van der Waals surface area contributed by atoms with Crippen LogP contribution in [0.3, 0.4) is 0 Å². The number of rotatable bonds is 3. The highest BCUT2D eigenvalue weighted by Crippen LogP contribution is 2.34. The third-order valence-corrected chi connectivity index (χ3v) is 3.85. The lowest BCUT2D eigenvalue weighted by molar-refractivity contribution is 0.222. The van der Waals surface area contributed by atoms with Crippen LogP contribution in [0.2, 0.25) is 0 Å². The molecule has 0 bridgehead atoms. The smallest absolute Gasteiger partial charge is 0.319 e. The van der Waals surface area contributed by atoms with Crippen LogP contribution in [0, 0.1) is 12.3 Å². The maximum Gasteiger partial charge on any atom is 0.319 e. The number of hydrogen-bond donors (Lipinski definition) is 1. The van der Waals surface area contributed by atoms with Crippen molar-refractivity contribution in [1.29, 1.82) is 0 Å². The molecule has 104 valence electrons.